The van der Waals surface area contributed by atoms with E-state index in [2.05, 4.69) is 19.1 Å². The van der Waals surface area contributed by atoms with Gasteiger partial charge in [-0.2, -0.15) is 0 Å². The lowest BCUT2D eigenvalue weighted by Crippen LogP contribution is -2.05. The Kier molecular flexibility index (Phi) is 3.62. The molecule has 1 aromatic carbocycles. The van der Waals surface area contributed by atoms with Crippen LogP contribution in [-0.2, 0) is 4.74 Å². The van der Waals surface area contributed by atoms with Gasteiger partial charge in [-0.05, 0) is 37.5 Å². The van der Waals surface area contributed by atoms with E-state index >= 15 is 0 Å². The van der Waals surface area contributed by atoms with Gasteiger partial charge in [-0.3, -0.25) is 0 Å². The minimum absolute atomic E-state index is 0.381. The molecule has 3 nitrogen and oxygen atoms in total. The van der Waals surface area contributed by atoms with Crippen molar-refractivity contribution >= 4 is 22.3 Å². The Bertz CT molecular complexity index is 621. The molecule has 0 fully saturated rings. The third-order valence-corrected chi connectivity index (χ3v) is 3.97. The van der Waals surface area contributed by atoms with Crippen LogP contribution < -0.4 is 5.73 Å². The number of esters is 1. The molecule has 0 aliphatic carbocycles. The van der Waals surface area contributed by atoms with Gasteiger partial charge >= 0.3 is 5.97 Å². The number of nitrogen functional groups attached to an aromatic ring is 1. The number of methoxy groups -OCH3 is 1. The van der Waals surface area contributed by atoms with Crippen LogP contribution in [0, 0.1) is 20.8 Å². The van der Waals surface area contributed by atoms with Crippen molar-refractivity contribution in [3.63, 3.8) is 0 Å². The summed E-state index contributed by atoms with van der Waals surface area (Å²) in [4.78, 5) is 11.9. The summed E-state index contributed by atoms with van der Waals surface area (Å²) in [5.74, 6) is -0.381. The first kappa shape index (κ1) is 13.6. The van der Waals surface area contributed by atoms with E-state index in [9.17, 15) is 4.79 Å². The molecule has 4 heteroatoms. The maximum Gasteiger partial charge on any atom is 0.341 e. The van der Waals surface area contributed by atoms with E-state index in [0.717, 1.165) is 22.3 Å². The molecule has 0 aliphatic rings. The Morgan fingerprint density at radius 1 is 1.21 bits per heavy atom. The van der Waals surface area contributed by atoms with E-state index in [-0.39, 0.29) is 5.97 Å². The van der Waals surface area contributed by atoms with Crippen molar-refractivity contribution in [2.45, 2.75) is 20.8 Å². The van der Waals surface area contributed by atoms with Gasteiger partial charge in [-0.25, -0.2) is 4.79 Å². The number of anilines is 1. The molecule has 0 aliphatic heterocycles. The normalized spacial score (nSPS) is 10.5. The first-order valence-electron chi connectivity index (χ1n) is 5.99. The zero-order chi connectivity index (χ0) is 14.2. The monoisotopic (exact) mass is 275 g/mol. The smallest absolute Gasteiger partial charge is 0.341 e. The van der Waals surface area contributed by atoms with E-state index in [1.807, 2.05) is 19.2 Å². The van der Waals surface area contributed by atoms with Gasteiger partial charge in [0.1, 0.15) is 10.6 Å². The lowest BCUT2D eigenvalue weighted by molar-refractivity contribution is 0.0603. The molecule has 19 heavy (non-hydrogen) atoms. The first-order valence-corrected chi connectivity index (χ1v) is 6.87. The highest BCUT2D eigenvalue weighted by Crippen LogP contribution is 2.37. The summed E-state index contributed by atoms with van der Waals surface area (Å²) >= 11 is 1.37. The van der Waals surface area contributed by atoms with Gasteiger partial charge < -0.3 is 10.5 Å². The minimum Gasteiger partial charge on any atom is -0.465 e. The Balaban J connectivity index is 2.70. The number of thiophene rings is 1. The molecule has 2 N–H and O–H groups in total. The molecular weight excluding hydrogens is 258 g/mol. The average molecular weight is 275 g/mol. The van der Waals surface area contributed by atoms with Gasteiger partial charge in [0.2, 0.25) is 0 Å². The molecule has 1 heterocycles. The van der Waals surface area contributed by atoms with Crippen LogP contribution in [-0.4, -0.2) is 13.1 Å². The van der Waals surface area contributed by atoms with Crippen molar-refractivity contribution in [1.29, 1.82) is 0 Å². The van der Waals surface area contributed by atoms with Crippen molar-refractivity contribution in [2.24, 2.45) is 0 Å². The molecule has 1 aromatic heterocycles. The maximum atomic E-state index is 11.9. The second-order valence-electron chi connectivity index (χ2n) is 4.65. The second-order valence-corrected chi connectivity index (χ2v) is 5.57. The zero-order valence-electron chi connectivity index (χ0n) is 11.5. The molecule has 2 rings (SSSR count). The highest BCUT2D eigenvalue weighted by atomic mass is 32.1. The lowest BCUT2D eigenvalue weighted by Gasteiger charge is -2.12. The Hall–Kier alpha value is -1.81. The van der Waals surface area contributed by atoms with Gasteiger partial charge in [0.05, 0.1) is 7.11 Å². The number of carbonyl (C=O) groups excluding carboxylic acids is 1. The summed E-state index contributed by atoms with van der Waals surface area (Å²) in [6.45, 7) is 6.15. The van der Waals surface area contributed by atoms with Crippen LogP contribution in [0.3, 0.4) is 0 Å². The summed E-state index contributed by atoms with van der Waals surface area (Å²) in [5.41, 5.74) is 11.8. The third-order valence-electron chi connectivity index (χ3n) is 3.16. The fourth-order valence-corrected chi connectivity index (χ4v) is 3.27. The molecule has 0 unspecified atom stereocenters. The van der Waals surface area contributed by atoms with Gasteiger partial charge in [0, 0.05) is 10.9 Å². The van der Waals surface area contributed by atoms with Gasteiger partial charge in [0.25, 0.3) is 0 Å². The van der Waals surface area contributed by atoms with Crippen molar-refractivity contribution in [3.05, 3.63) is 39.8 Å². The van der Waals surface area contributed by atoms with Gasteiger partial charge in [-0.15, -0.1) is 11.3 Å². The highest BCUT2D eigenvalue weighted by molar-refractivity contribution is 7.15. The summed E-state index contributed by atoms with van der Waals surface area (Å²) < 4.78 is 4.83. The highest BCUT2D eigenvalue weighted by Gasteiger charge is 2.21. The van der Waals surface area contributed by atoms with Crippen molar-refractivity contribution in [3.8, 4) is 11.1 Å². The predicted octanol–water partition coefficient (Wildman–Crippen LogP) is 3.71. The van der Waals surface area contributed by atoms with Crippen LogP contribution >= 0.6 is 11.3 Å². The number of carbonyl (C=O) groups is 1. The number of nitrogens with two attached hydrogens (primary N) is 1. The molecule has 0 radical (unpaired) electrons. The summed E-state index contributed by atoms with van der Waals surface area (Å²) in [6.07, 6.45) is 0. The van der Waals surface area contributed by atoms with Gasteiger partial charge in [-0.1, -0.05) is 17.7 Å². The Labute approximate surface area is 117 Å². The number of aryl methyl sites for hydroxylation is 3. The minimum atomic E-state index is -0.381. The van der Waals surface area contributed by atoms with Crippen molar-refractivity contribution in [2.75, 3.05) is 12.8 Å². The SMILES string of the molecule is COC(=O)c1c(-c2c(C)cc(C)cc2C)csc1N. The van der Waals surface area contributed by atoms with Crippen LogP contribution in [0.4, 0.5) is 5.00 Å². The number of hydrogen-bond donors (Lipinski definition) is 1. The van der Waals surface area contributed by atoms with E-state index in [1.54, 1.807) is 0 Å². The lowest BCUT2D eigenvalue weighted by atomic mass is 9.93. The van der Waals surface area contributed by atoms with E-state index in [4.69, 9.17) is 10.5 Å². The van der Waals surface area contributed by atoms with E-state index in [0.29, 0.717) is 10.6 Å². The van der Waals surface area contributed by atoms with Crippen LogP contribution in [0.15, 0.2) is 17.5 Å². The molecule has 0 spiro atoms. The summed E-state index contributed by atoms with van der Waals surface area (Å²) in [5, 5.41) is 2.42. The summed E-state index contributed by atoms with van der Waals surface area (Å²) in [7, 11) is 1.37. The van der Waals surface area contributed by atoms with Crippen LogP contribution in [0.1, 0.15) is 27.0 Å². The van der Waals surface area contributed by atoms with Crippen LogP contribution in [0.2, 0.25) is 0 Å². The Morgan fingerprint density at radius 3 is 2.32 bits per heavy atom. The van der Waals surface area contributed by atoms with Crippen LogP contribution in [0.25, 0.3) is 11.1 Å². The van der Waals surface area contributed by atoms with E-state index < -0.39 is 0 Å². The fraction of sp³-hybridized carbons (Fsp3) is 0.267. The average Bonchev–Trinajstić information content (AvgIpc) is 2.69. The third kappa shape index (κ3) is 2.36. The number of ether oxygens (including phenoxy) is 1. The van der Waals surface area contributed by atoms with Crippen LogP contribution in [0.5, 0.6) is 0 Å². The number of hydrogen-bond acceptors (Lipinski definition) is 4. The maximum absolute atomic E-state index is 11.9. The molecule has 100 valence electrons. The fourth-order valence-electron chi connectivity index (χ4n) is 2.47. The molecule has 0 bridgehead atoms. The predicted molar refractivity (Wildman–Crippen MR) is 79.7 cm³/mol. The topological polar surface area (TPSA) is 52.3 Å². The Morgan fingerprint density at radius 2 is 1.79 bits per heavy atom. The van der Waals surface area contributed by atoms with Gasteiger partial charge in [0.15, 0.2) is 0 Å². The quantitative estimate of drug-likeness (QED) is 0.850. The molecular formula is C15H17NO2S. The summed E-state index contributed by atoms with van der Waals surface area (Å²) in [6, 6.07) is 4.22. The van der Waals surface area contributed by atoms with E-state index in [1.165, 1.54) is 24.0 Å². The second kappa shape index (κ2) is 5.05. The largest absolute Gasteiger partial charge is 0.465 e. The van der Waals surface area contributed by atoms with Crippen molar-refractivity contribution in [1.82, 2.24) is 0 Å². The number of rotatable bonds is 2. The molecule has 0 amide bonds. The van der Waals surface area contributed by atoms with Crippen molar-refractivity contribution < 1.29 is 9.53 Å². The molecule has 0 saturated carbocycles. The first-order chi connectivity index (χ1) is 8.95. The molecule has 0 saturated heterocycles. The zero-order valence-corrected chi connectivity index (χ0v) is 12.4. The number of benzene rings is 1. The molecule has 2 aromatic rings. The molecule has 0 atom stereocenters. The standard InChI is InChI=1S/C15H17NO2S/c1-8-5-9(2)12(10(3)6-8)11-7-19-14(16)13(11)15(17)18-4/h5-7H,16H2,1-4H3.